The summed E-state index contributed by atoms with van der Waals surface area (Å²) in [7, 11) is 1.35. The number of alkyl halides is 2. The Morgan fingerprint density at radius 3 is 2.64 bits per heavy atom. The molecule has 1 fully saturated rings. The monoisotopic (exact) mass is 224 g/mol. The summed E-state index contributed by atoms with van der Waals surface area (Å²) in [6, 6.07) is 0. The summed E-state index contributed by atoms with van der Waals surface area (Å²) in [5.74, 6) is 0.273. The van der Waals surface area contributed by atoms with E-state index in [1.807, 2.05) is 0 Å². The van der Waals surface area contributed by atoms with Gasteiger partial charge in [0, 0.05) is 0 Å². The van der Waals surface area contributed by atoms with E-state index in [2.05, 4.69) is 4.74 Å². The van der Waals surface area contributed by atoms with Gasteiger partial charge in [-0.25, -0.2) is 8.78 Å². The molecule has 0 saturated heterocycles. The van der Waals surface area contributed by atoms with Gasteiger partial charge in [0.1, 0.15) is 0 Å². The number of methoxy groups -OCH3 is 1. The van der Waals surface area contributed by atoms with Gasteiger partial charge in [0.2, 0.25) is 6.43 Å². The molecule has 1 rings (SSSR count). The number of ether oxygens (including phenoxy) is 1. The summed E-state index contributed by atoms with van der Waals surface area (Å²) in [5.41, 5.74) is -0.0351. The Morgan fingerprint density at radius 2 is 2.21 bits per heavy atom. The number of hydrogen-bond donors (Lipinski definition) is 0. The third-order valence-corrected chi connectivity index (χ3v) is 3.66. The van der Waals surface area contributed by atoms with Crippen LogP contribution in [0.5, 0.6) is 0 Å². The minimum atomic E-state index is -2.26. The standard InChI is InChI=1S/C9H14F2O2S/c1-13-8(12)4-9(2-3-9)6-14-5-7(10)11/h7H,2-6H2,1H3. The van der Waals surface area contributed by atoms with Crippen LogP contribution < -0.4 is 0 Å². The quantitative estimate of drug-likeness (QED) is 0.648. The predicted molar refractivity (Wildman–Crippen MR) is 51.6 cm³/mol. The minimum absolute atomic E-state index is 0.0351. The van der Waals surface area contributed by atoms with Crippen molar-refractivity contribution in [2.45, 2.75) is 25.7 Å². The number of carbonyl (C=O) groups is 1. The number of halogens is 2. The third kappa shape index (κ3) is 3.82. The van der Waals surface area contributed by atoms with Crippen LogP contribution in [-0.2, 0) is 9.53 Å². The predicted octanol–water partition coefficient (Wildman–Crippen LogP) is 2.33. The average Bonchev–Trinajstić information content (AvgIpc) is 2.84. The second kappa shape index (κ2) is 4.96. The van der Waals surface area contributed by atoms with E-state index in [9.17, 15) is 13.6 Å². The number of thioether (sulfide) groups is 1. The maximum absolute atomic E-state index is 11.8. The van der Waals surface area contributed by atoms with E-state index in [0.29, 0.717) is 12.2 Å². The van der Waals surface area contributed by atoms with E-state index < -0.39 is 6.43 Å². The lowest BCUT2D eigenvalue weighted by atomic mass is 10.1. The second-order valence-corrected chi connectivity index (χ2v) is 4.69. The van der Waals surface area contributed by atoms with Gasteiger partial charge in [0.15, 0.2) is 0 Å². The second-order valence-electron chi connectivity index (χ2n) is 3.66. The average molecular weight is 224 g/mol. The van der Waals surface area contributed by atoms with Crippen molar-refractivity contribution >= 4 is 17.7 Å². The number of carbonyl (C=O) groups excluding carboxylic acids is 1. The van der Waals surface area contributed by atoms with Crippen molar-refractivity contribution in [1.82, 2.24) is 0 Å². The van der Waals surface area contributed by atoms with E-state index in [-0.39, 0.29) is 17.1 Å². The zero-order chi connectivity index (χ0) is 10.6. The van der Waals surface area contributed by atoms with Crippen LogP contribution in [0.4, 0.5) is 8.78 Å². The molecule has 0 bridgehead atoms. The molecule has 14 heavy (non-hydrogen) atoms. The highest BCUT2D eigenvalue weighted by molar-refractivity contribution is 7.99. The van der Waals surface area contributed by atoms with Crippen molar-refractivity contribution in [3.63, 3.8) is 0 Å². The molecule has 0 aromatic rings. The van der Waals surface area contributed by atoms with E-state index in [4.69, 9.17) is 0 Å². The van der Waals surface area contributed by atoms with Gasteiger partial charge >= 0.3 is 5.97 Å². The van der Waals surface area contributed by atoms with Gasteiger partial charge < -0.3 is 4.74 Å². The first-order valence-electron chi connectivity index (χ1n) is 4.51. The molecule has 0 aliphatic heterocycles. The van der Waals surface area contributed by atoms with E-state index in [0.717, 1.165) is 12.8 Å². The van der Waals surface area contributed by atoms with Crippen LogP contribution in [0.15, 0.2) is 0 Å². The molecule has 0 heterocycles. The molecule has 0 atom stereocenters. The van der Waals surface area contributed by atoms with Crippen molar-refractivity contribution in [2.24, 2.45) is 5.41 Å². The smallest absolute Gasteiger partial charge is 0.306 e. The molecule has 5 heteroatoms. The van der Waals surface area contributed by atoms with Crippen LogP contribution in [0.3, 0.4) is 0 Å². The van der Waals surface area contributed by atoms with Gasteiger partial charge in [0.25, 0.3) is 0 Å². The largest absolute Gasteiger partial charge is 0.469 e. The third-order valence-electron chi connectivity index (χ3n) is 2.36. The van der Waals surface area contributed by atoms with Gasteiger partial charge in [-0.1, -0.05) is 0 Å². The first-order chi connectivity index (χ1) is 6.58. The fourth-order valence-electron chi connectivity index (χ4n) is 1.29. The summed E-state index contributed by atoms with van der Waals surface area (Å²) in [4.78, 5) is 11.0. The van der Waals surface area contributed by atoms with E-state index in [1.54, 1.807) is 0 Å². The van der Waals surface area contributed by atoms with Crippen LogP contribution in [0.1, 0.15) is 19.3 Å². The topological polar surface area (TPSA) is 26.3 Å². The molecule has 1 aliphatic carbocycles. The fourth-order valence-corrected chi connectivity index (χ4v) is 2.41. The van der Waals surface area contributed by atoms with Gasteiger partial charge in [-0.05, 0) is 24.0 Å². The van der Waals surface area contributed by atoms with Crippen LogP contribution >= 0.6 is 11.8 Å². The summed E-state index contributed by atoms with van der Waals surface area (Å²) >= 11 is 1.23. The Bertz CT molecular complexity index is 205. The molecule has 2 nitrogen and oxygen atoms in total. The molecule has 0 unspecified atom stereocenters. The van der Waals surface area contributed by atoms with Gasteiger partial charge in [-0.3, -0.25) is 4.79 Å². The lowest BCUT2D eigenvalue weighted by Gasteiger charge is -2.12. The molecule has 0 aromatic carbocycles. The minimum Gasteiger partial charge on any atom is -0.469 e. The lowest BCUT2D eigenvalue weighted by molar-refractivity contribution is -0.141. The highest BCUT2D eigenvalue weighted by Crippen LogP contribution is 2.51. The Balaban J connectivity index is 2.19. The Hall–Kier alpha value is -0.320. The van der Waals surface area contributed by atoms with Crippen molar-refractivity contribution in [1.29, 1.82) is 0 Å². The van der Waals surface area contributed by atoms with Crippen LogP contribution in [0.2, 0.25) is 0 Å². The molecule has 0 amide bonds. The molecule has 0 spiro atoms. The number of rotatable bonds is 6. The van der Waals surface area contributed by atoms with Gasteiger partial charge in [-0.15, -0.1) is 0 Å². The normalized spacial score (nSPS) is 18.3. The SMILES string of the molecule is COC(=O)CC1(CSCC(F)F)CC1. The van der Waals surface area contributed by atoms with Crippen molar-refractivity contribution in [3.05, 3.63) is 0 Å². The molecular formula is C9H14F2O2S. The zero-order valence-electron chi connectivity index (χ0n) is 8.09. The summed E-state index contributed by atoms with van der Waals surface area (Å²) in [5, 5.41) is 0. The fraction of sp³-hybridized carbons (Fsp3) is 0.889. The molecule has 1 saturated carbocycles. The molecule has 82 valence electrons. The molecule has 0 N–H and O–H groups in total. The molecule has 0 aromatic heterocycles. The van der Waals surface area contributed by atoms with Crippen molar-refractivity contribution in [2.75, 3.05) is 18.6 Å². The first kappa shape index (κ1) is 11.8. The van der Waals surface area contributed by atoms with Crippen molar-refractivity contribution in [3.8, 4) is 0 Å². The Morgan fingerprint density at radius 1 is 1.57 bits per heavy atom. The summed E-state index contributed by atoms with van der Waals surface area (Å²) < 4.78 is 28.3. The van der Waals surface area contributed by atoms with E-state index in [1.165, 1.54) is 18.9 Å². The highest BCUT2D eigenvalue weighted by atomic mass is 32.2. The first-order valence-corrected chi connectivity index (χ1v) is 5.66. The lowest BCUT2D eigenvalue weighted by Crippen LogP contribution is -2.13. The van der Waals surface area contributed by atoms with Gasteiger partial charge in [-0.2, -0.15) is 11.8 Å². The highest BCUT2D eigenvalue weighted by Gasteiger charge is 2.44. The zero-order valence-corrected chi connectivity index (χ0v) is 8.91. The number of hydrogen-bond acceptors (Lipinski definition) is 3. The Labute approximate surface area is 86.4 Å². The van der Waals surface area contributed by atoms with E-state index >= 15 is 0 Å². The van der Waals surface area contributed by atoms with Crippen molar-refractivity contribution < 1.29 is 18.3 Å². The van der Waals surface area contributed by atoms with Gasteiger partial charge in [0.05, 0.1) is 19.3 Å². The Kier molecular flexibility index (Phi) is 4.16. The molecule has 1 aliphatic rings. The summed E-state index contributed by atoms with van der Waals surface area (Å²) in [6.45, 7) is 0. The van der Waals surface area contributed by atoms with Crippen LogP contribution in [-0.4, -0.2) is 31.0 Å². The summed E-state index contributed by atoms with van der Waals surface area (Å²) in [6.07, 6.45) is 0.0325. The maximum atomic E-state index is 11.8. The molecular weight excluding hydrogens is 210 g/mol. The molecule has 0 radical (unpaired) electrons. The van der Waals surface area contributed by atoms with Crippen LogP contribution in [0.25, 0.3) is 0 Å². The van der Waals surface area contributed by atoms with Crippen LogP contribution in [0, 0.1) is 5.41 Å². The maximum Gasteiger partial charge on any atom is 0.306 e. The number of esters is 1.